The van der Waals surface area contributed by atoms with Gasteiger partial charge in [0, 0.05) is 26.9 Å². The second-order valence-electron chi connectivity index (χ2n) is 6.54. The molecule has 0 aliphatic rings. The Labute approximate surface area is 167 Å². The maximum atomic E-state index is 12.6. The van der Waals surface area contributed by atoms with E-state index in [1.165, 1.54) is 11.8 Å². The lowest BCUT2D eigenvalue weighted by Gasteiger charge is -2.13. The molecule has 0 amide bonds. The highest BCUT2D eigenvalue weighted by Crippen LogP contribution is 2.30. The fourth-order valence-corrected chi connectivity index (χ4v) is 4.79. The summed E-state index contributed by atoms with van der Waals surface area (Å²) in [5.74, 6) is 2.08. The molecular weight excluding hydrogens is 378 g/mol. The van der Waals surface area contributed by atoms with E-state index in [9.17, 15) is 4.79 Å². The van der Waals surface area contributed by atoms with Crippen molar-refractivity contribution in [2.75, 3.05) is 12.9 Å². The van der Waals surface area contributed by atoms with Crippen LogP contribution in [0.4, 0.5) is 0 Å². The number of nitrogens with zero attached hydrogens (tertiary/aromatic N) is 3. The molecular formula is C20H23N3O2S2. The standard InChI is InChI=1S/C20H23N3O2S2/c1-12(2)23-19(15-6-8-16(25-5)9-7-15)21-22-20(23)26-11-18(24)17-10-13(3)27-14(17)4/h6-10,12H,11H2,1-5H3. The maximum absolute atomic E-state index is 12.6. The Balaban J connectivity index is 1.82. The minimum atomic E-state index is 0.131. The molecule has 1 aromatic carbocycles. The predicted octanol–water partition coefficient (Wildman–Crippen LogP) is 5.19. The summed E-state index contributed by atoms with van der Waals surface area (Å²) < 4.78 is 7.30. The number of methoxy groups -OCH3 is 1. The maximum Gasteiger partial charge on any atom is 0.192 e. The van der Waals surface area contributed by atoms with Crippen LogP contribution in [0, 0.1) is 13.8 Å². The SMILES string of the molecule is COc1ccc(-c2nnc(SCC(=O)c3cc(C)sc3C)n2C(C)C)cc1. The zero-order valence-electron chi connectivity index (χ0n) is 16.1. The van der Waals surface area contributed by atoms with Gasteiger partial charge in [-0.1, -0.05) is 11.8 Å². The van der Waals surface area contributed by atoms with Gasteiger partial charge in [0.15, 0.2) is 16.8 Å². The number of aryl methyl sites for hydroxylation is 2. The zero-order valence-corrected chi connectivity index (χ0v) is 17.8. The van der Waals surface area contributed by atoms with Crippen molar-refractivity contribution >= 4 is 28.9 Å². The van der Waals surface area contributed by atoms with Gasteiger partial charge in [-0.15, -0.1) is 21.5 Å². The van der Waals surface area contributed by atoms with E-state index in [0.717, 1.165) is 37.6 Å². The normalized spacial score (nSPS) is 11.2. The van der Waals surface area contributed by atoms with Gasteiger partial charge >= 0.3 is 0 Å². The van der Waals surface area contributed by atoms with Gasteiger partial charge in [0.25, 0.3) is 0 Å². The van der Waals surface area contributed by atoms with Gasteiger partial charge in [0.1, 0.15) is 5.75 Å². The number of ether oxygens (including phenoxy) is 1. The summed E-state index contributed by atoms with van der Waals surface area (Å²) in [6.45, 7) is 8.20. The fourth-order valence-electron chi connectivity index (χ4n) is 2.89. The first kappa shape index (κ1) is 19.6. The van der Waals surface area contributed by atoms with Gasteiger partial charge in [-0.3, -0.25) is 9.36 Å². The number of aromatic nitrogens is 3. The van der Waals surface area contributed by atoms with Gasteiger partial charge in [-0.25, -0.2) is 0 Å². The average Bonchev–Trinajstić information content (AvgIpc) is 3.22. The first-order valence-electron chi connectivity index (χ1n) is 8.73. The molecule has 0 aliphatic heterocycles. The Bertz CT molecular complexity index is 943. The summed E-state index contributed by atoms with van der Waals surface area (Å²) in [5.41, 5.74) is 1.79. The molecule has 0 fully saturated rings. The first-order chi connectivity index (χ1) is 12.9. The van der Waals surface area contributed by atoms with Crippen LogP contribution in [0.5, 0.6) is 5.75 Å². The second-order valence-corrected chi connectivity index (χ2v) is 8.94. The molecule has 0 spiro atoms. The lowest BCUT2D eigenvalue weighted by Crippen LogP contribution is -2.08. The highest BCUT2D eigenvalue weighted by molar-refractivity contribution is 7.99. The molecule has 0 saturated carbocycles. The minimum Gasteiger partial charge on any atom is -0.497 e. The molecule has 27 heavy (non-hydrogen) atoms. The number of carbonyl (C=O) groups is 1. The molecule has 0 atom stereocenters. The summed E-state index contributed by atoms with van der Waals surface area (Å²) in [6, 6.07) is 9.91. The van der Waals surface area contributed by atoms with E-state index in [1.54, 1.807) is 18.4 Å². The molecule has 0 aliphatic carbocycles. The topological polar surface area (TPSA) is 57.0 Å². The lowest BCUT2D eigenvalue weighted by molar-refractivity contribution is 0.102. The molecule has 142 valence electrons. The van der Waals surface area contributed by atoms with Crippen molar-refractivity contribution in [1.29, 1.82) is 0 Å². The van der Waals surface area contributed by atoms with E-state index in [2.05, 4.69) is 28.6 Å². The van der Waals surface area contributed by atoms with Gasteiger partial charge in [0.05, 0.1) is 12.9 Å². The highest BCUT2D eigenvalue weighted by atomic mass is 32.2. The average molecular weight is 402 g/mol. The van der Waals surface area contributed by atoms with Crippen LogP contribution in [0.15, 0.2) is 35.5 Å². The summed E-state index contributed by atoms with van der Waals surface area (Å²) in [5, 5.41) is 9.48. The van der Waals surface area contributed by atoms with Gasteiger partial charge in [-0.2, -0.15) is 0 Å². The van der Waals surface area contributed by atoms with Crippen molar-refractivity contribution in [3.05, 3.63) is 45.6 Å². The number of rotatable bonds is 7. The molecule has 0 radical (unpaired) electrons. The van der Waals surface area contributed by atoms with E-state index >= 15 is 0 Å². The van der Waals surface area contributed by atoms with E-state index in [-0.39, 0.29) is 11.8 Å². The highest BCUT2D eigenvalue weighted by Gasteiger charge is 2.19. The van der Waals surface area contributed by atoms with Crippen molar-refractivity contribution < 1.29 is 9.53 Å². The van der Waals surface area contributed by atoms with Gasteiger partial charge in [-0.05, 0) is 58.0 Å². The number of ketones is 1. The van der Waals surface area contributed by atoms with E-state index in [4.69, 9.17) is 4.74 Å². The summed E-state index contributed by atoms with van der Waals surface area (Å²) in [4.78, 5) is 14.8. The van der Waals surface area contributed by atoms with Crippen LogP contribution in [0.1, 0.15) is 40.0 Å². The van der Waals surface area contributed by atoms with Crippen molar-refractivity contribution in [1.82, 2.24) is 14.8 Å². The Kier molecular flexibility index (Phi) is 6.01. The number of benzene rings is 1. The molecule has 2 heterocycles. The summed E-state index contributed by atoms with van der Waals surface area (Å²) >= 11 is 3.10. The molecule has 3 rings (SSSR count). The molecule has 5 nitrogen and oxygen atoms in total. The Morgan fingerprint density at radius 1 is 1.22 bits per heavy atom. The van der Waals surface area contributed by atoms with Crippen LogP contribution in [0.3, 0.4) is 0 Å². The van der Waals surface area contributed by atoms with E-state index < -0.39 is 0 Å². The smallest absolute Gasteiger partial charge is 0.192 e. The molecule has 7 heteroatoms. The van der Waals surface area contributed by atoms with Crippen LogP contribution in [-0.2, 0) is 0 Å². The zero-order chi connectivity index (χ0) is 19.6. The van der Waals surface area contributed by atoms with Crippen LogP contribution in [0.2, 0.25) is 0 Å². The Hall–Kier alpha value is -2.12. The largest absolute Gasteiger partial charge is 0.497 e. The van der Waals surface area contributed by atoms with Crippen molar-refractivity contribution in [2.45, 2.75) is 38.9 Å². The molecule has 0 saturated heterocycles. The predicted molar refractivity (Wildman–Crippen MR) is 111 cm³/mol. The molecule has 0 unspecified atom stereocenters. The van der Waals surface area contributed by atoms with Crippen LogP contribution < -0.4 is 4.74 Å². The van der Waals surface area contributed by atoms with Crippen LogP contribution >= 0.6 is 23.1 Å². The molecule has 3 aromatic rings. The number of thiophene rings is 1. The lowest BCUT2D eigenvalue weighted by atomic mass is 10.2. The van der Waals surface area contributed by atoms with Crippen molar-refractivity contribution in [3.8, 4) is 17.1 Å². The monoisotopic (exact) mass is 401 g/mol. The third-order valence-corrected chi connectivity index (χ3v) is 6.11. The minimum absolute atomic E-state index is 0.131. The van der Waals surface area contributed by atoms with Crippen molar-refractivity contribution in [3.63, 3.8) is 0 Å². The third kappa shape index (κ3) is 4.25. The Morgan fingerprint density at radius 2 is 1.93 bits per heavy atom. The first-order valence-corrected chi connectivity index (χ1v) is 10.5. The van der Waals surface area contributed by atoms with E-state index in [0.29, 0.717) is 5.75 Å². The molecule has 2 aromatic heterocycles. The van der Waals surface area contributed by atoms with Gasteiger partial charge < -0.3 is 4.74 Å². The van der Waals surface area contributed by atoms with Crippen LogP contribution in [0.25, 0.3) is 11.4 Å². The Morgan fingerprint density at radius 3 is 2.48 bits per heavy atom. The molecule has 0 N–H and O–H groups in total. The quantitative estimate of drug-likeness (QED) is 0.403. The summed E-state index contributed by atoms with van der Waals surface area (Å²) in [6.07, 6.45) is 0. The molecule has 0 bridgehead atoms. The second kappa shape index (κ2) is 8.27. The van der Waals surface area contributed by atoms with E-state index in [1.807, 2.05) is 44.2 Å². The number of thioether (sulfide) groups is 1. The summed E-state index contributed by atoms with van der Waals surface area (Å²) in [7, 11) is 1.65. The number of hydrogen-bond donors (Lipinski definition) is 0. The number of hydrogen-bond acceptors (Lipinski definition) is 6. The number of Topliss-reactive ketones (excluding diaryl/α,β-unsaturated/α-hetero) is 1. The van der Waals surface area contributed by atoms with Gasteiger partial charge in [0.2, 0.25) is 0 Å². The van der Waals surface area contributed by atoms with Crippen molar-refractivity contribution in [2.24, 2.45) is 0 Å². The van der Waals surface area contributed by atoms with Crippen LogP contribution in [-0.4, -0.2) is 33.4 Å². The number of carbonyl (C=O) groups excluding carboxylic acids is 1. The fraction of sp³-hybridized carbons (Fsp3) is 0.350. The third-order valence-electron chi connectivity index (χ3n) is 4.20.